The first-order valence-electron chi connectivity index (χ1n) is 14.4. The van der Waals surface area contributed by atoms with Crippen molar-refractivity contribution in [3.05, 3.63) is 119 Å². The van der Waals surface area contributed by atoms with Gasteiger partial charge < -0.3 is 18.9 Å². The molecule has 4 aromatic rings. The fourth-order valence-corrected chi connectivity index (χ4v) is 11.6. The molecule has 0 radical (unpaired) electrons. The molecule has 0 bridgehead atoms. The summed E-state index contributed by atoms with van der Waals surface area (Å²) in [6.07, 6.45) is 4.35. The van der Waals surface area contributed by atoms with Crippen LogP contribution in [0.5, 0.6) is 23.0 Å². The van der Waals surface area contributed by atoms with Crippen molar-refractivity contribution < 1.29 is 18.9 Å². The van der Waals surface area contributed by atoms with Crippen LogP contribution in [0.1, 0.15) is 36.1 Å². The van der Waals surface area contributed by atoms with E-state index in [1.807, 2.05) is 0 Å². The molecule has 0 saturated carbocycles. The molecule has 42 heavy (non-hydrogen) atoms. The first kappa shape index (κ1) is 31.9. The summed E-state index contributed by atoms with van der Waals surface area (Å²) in [5.41, 5.74) is 6.67. The molecule has 4 aromatic carbocycles. The maximum absolute atomic E-state index is 5.43. The van der Waals surface area contributed by atoms with Gasteiger partial charge in [0, 0.05) is 0 Å². The van der Waals surface area contributed by atoms with Crippen molar-refractivity contribution >= 4 is 15.8 Å². The summed E-state index contributed by atoms with van der Waals surface area (Å²) in [7, 11) is 6.21. The molecule has 0 aliphatic heterocycles. The molecule has 4 rings (SSSR count). The van der Waals surface area contributed by atoms with Crippen molar-refractivity contribution in [2.45, 2.75) is 49.8 Å². The minimum atomic E-state index is -0.344. The minimum absolute atomic E-state index is 0.344. The van der Waals surface area contributed by atoms with E-state index in [4.69, 9.17) is 18.9 Å². The molecule has 222 valence electrons. The Bertz CT molecular complexity index is 1130. The topological polar surface area (TPSA) is 36.9 Å². The molecule has 0 N–H and O–H groups in total. The SMILES string of the molecule is COc1ccc(CP(Cc2ccc(OC)cc2)C(C)C(C)P(Cc2ccc(OC)cc2)Cc2ccc(OC)cc2)cc1. The summed E-state index contributed by atoms with van der Waals surface area (Å²) in [6, 6.07) is 34.6. The minimum Gasteiger partial charge on any atom is -0.497 e. The number of ether oxygens (including phenoxy) is 4. The van der Waals surface area contributed by atoms with Gasteiger partial charge in [-0.1, -0.05) is 78.2 Å². The molecule has 0 aromatic heterocycles. The average molecular weight is 603 g/mol. The van der Waals surface area contributed by atoms with Crippen LogP contribution >= 0.6 is 15.8 Å². The van der Waals surface area contributed by atoms with E-state index >= 15 is 0 Å². The maximum Gasteiger partial charge on any atom is 0.118 e. The molecule has 0 aliphatic rings. The van der Waals surface area contributed by atoms with Crippen LogP contribution in [0.4, 0.5) is 0 Å². The largest absolute Gasteiger partial charge is 0.497 e. The van der Waals surface area contributed by atoms with Gasteiger partial charge in [0.05, 0.1) is 28.4 Å². The van der Waals surface area contributed by atoms with Crippen LogP contribution in [-0.4, -0.2) is 39.8 Å². The highest BCUT2D eigenvalue weighted by Crippen LogP contribution is 2.58. The Morgan fingerprint density at radius 1 is 0.381 bits per heavy atom. The fraction of sp³-hybridized carbons (Fsp3) is 0.333. The number of methoxy groups -OCH3 is 4. The maximum atomic E-state index is 5.43. The third kappa shape index (κ3) is 8.97. The second-order valence-corrected chi connectivity index (χ2v) is 15.9. The van der Waals surface area contributed by atoms with Crippen molar-refractivity contribution in [1.82, 2.24) is 0 Å². The highest BCUT2D eigenvalue weighted by Gasteiger charge is 2.29. The molecule has 0 heterocycles. The molecule has 0 spiro atoms. The van der Waals surface area contributed by atoms with E-state index in [1.165, 1.54) is 22.3 Å². The predicted octanol–water partition coefficient (Wildman–Crippen LogP) is 9.56. The van der Waals surface area contributed by atoms with Crippen LogP contribution in [-0.2, 0) is 24.6 Å². The number of rotatable bonds is 15. The van der Waals surface area contributed by atoms with E-state index in [1.54, 1.807) is 28.4 Å². The lowest BCUT2D eigenvalue weighted by atomic mass is 10.2. The van der Waals surface area contributed by atoms with E-state index < -0.39 is 0 Å². The van der Waals surface area contributed by atoms with Crippen molar-refractivity contribution in [2.75, 3.05) is 28.4 Å². The summed E-state index contributed by atoms with van der Waals surface area (Å²) < 4.78 is 21.7. The van der Waals surface area contributed by atoms with Crippen LogP contribution in [0.2, 0.25) is 0 Å². The molecule has 0 amide bonds. The molecule has 0 aliphatic carbocycles. The van der Waals surface area contributed by atoms with E-state index in [-0.39, 0.29) is 15.8 Å². The zero-order valence-corrected chi connectivity index (χ0v) is 27.5. The third-order valence-corrected chi connectivity index (χ3v) is 14.5. The van der Waals surface area contributed by atoms with E-state index in [0.29, 0.717) is 11.3 Å². The van der Waals surface area contributed by atoms with Crippen molar-refractivity contribution in [3.63, 3.8) is 0 Å². The molecular formula is C36H44O4P2. The Labute approximate surface area is 254 Å². The Hall–Kier alpha value is -3.06. The van der Waals surface area contributed by atoms with Crippen molar-refractivity contribution in [2.24, 2.45) is 0 Å². The zero-order valence-electron chi connectivity index (χ0n) is 25.7. The summed E-state index contributed by atoms with van der Waals surface area (Å²) in [5.74, 6) is 3.62. The standard InChI is InChI=1S/C36H44O4P2/c1-27(41(23-29-7-15-33(37-3)16-8-29)24-30-9-17-34(38-4)18-10-30)28(2)42(25-31-11-19-35(39-5)20-12-31)26-32-13-21-36(40-6)22-14-32/h7-22,27-28H,23-26H2,1-6H3. The van der Waals surface area contributed by atoms with Crippen LogP contribution in [0.15, 0.2) is 97.1 Å². The van der Waals surface area contributed by atoms with Crippen LogP contribution in [0.25, 0.3) is 0 Å². The number of benzene rings is 4. The lowest BCUT2D eigenvalue weighted by Crippen LogP contribution is -2.20. The van der Waals surface area contributed by atoms with E-state index in [2.05, 4.69) is 111 Å². The predicted molar refractivity (Wildman–Crippen MR) is 180 cm³/mol. The zero-order chi connectivity index (χ0) is 29.9. The van der Waals surface area contributed by atoms with Crippen LogP contribution in [0.3, 0.4) is 0 Å². The molecule has 4 nitrogen and oxygen atoms in total. The van der Waals surface area contributed by atoms with Crippen molar-refractivity contribution in [1.29, 1.82) is 0 Å². The number of hydrogen-bond acceptors (Lipinski definition) is 4. The second kappa shape index (κ2) is 16.0. The highest BCUT2D eigenvalue weighted by atomic mass is 31.1. The molecule has 2 unspecified atom stereocenters. The Morgan fingerprint density at radius 2 is 0.571 bits per heavy atom. The quantitative estimate of drug-likeness (QED) is 0.127. The van der Waals surface area contributed by atoms with Crippen molar-refractivity contribution in [3.8, 4) is 23.0 Å². The summed E-state index contributed by atoms with van der Waals surface area (Å²) in [4.78, 5) is 0. The van der Waals surface area contributed by atoms with Gasteiger partial charge in [0.1, 0.15) is 23.0 Å². The first-order chi connectivity index (χ1) is 20.4. The van der Waals surface area contributed by atoms with Crippen LogP contribution < -0.4 is 18.9 Å². The summed E-state index contributed by atoms with van der Waals surface area (Å²) in [6.45, 7) is 5.00. The summed E-state index contributed by atoms with van der Waals surface area (Å²) in [5, 5.41) is 0. The van der Waals surface area contributed by atoms with Gasteiger partial charge in [-0.2, -0.15) is 0 Å². The first-order valence-corrected chi connectivity index (χ1v) is 18.0. The fourth-order valence-electron chi connectivity index (χ4n) is 5.16. The van der Waals surface area contributed by atoms with E-state index in [9.17, 15) is 0 Å². The van der Waals surface area contributed by atoms with Gasteiger partial charge in [-0.25, -0.2) is 0 Å². The lowest BCUT2D eigenvalue weighted by Gasteiger charge is -2.36. The Balaban J connectivity index is 1.61. The Kier molecular flexibility index (Phi) is 12.1. The van der Waals surface area contributed by atoms with Gasteiger partial charge in [-0.3, -0.25) is 0 Å². The van der Waals surface area contributed by atoms with Gasteiger partial charge in [0.25, 0.3) is 0 Å². The molecule has 2 atom stereocenters. The molecule has 0 saturated heterocycles. The monoisotopic (exact) mass is 602 g/mol. The Morgan fingerprint density at radius 3 is 0.738 bits per heavy atom. The highest BCUT2D eigenvalue weighted by molar-refractivity contribution is 7.61. The lowest BCUT2D eigenvalue weighted by molar-refractivity contribution is 0.414. The smallest absolute Gasteiger partial charge is 0.118 e. The molecule has 6 heteroatoms. The third-order valence-electron chi connectivity index (χ3n) is 8.03. The van der Waals surface area contributed by atoms with Gasteiger partial charge in [0.15, 0.2) is 0 Å². The van der Waals surface area contributed by atoms with E-state index in [0.717, 1.165) is 47.6 Å². The average Bonchev–Trinajstić information content (AvgIpc) is 3.04. The normalized spacial score (nSPS) is 12.7. The van der Waals surface area contributed by atoms with Gasteiger partial charge >= 0.3 is 0 Å². The summed E-state index contributed by atoms with van der Waals surface area (Å²) >= 11 is 0. The molecular weight excluding hydrogens is 558 g/mol. The second-order valence-electron chi connectivity index (χ2n) is 10.7. The van der Waals surface area contributed by atoms with Gasteiger partial charge in [0.2, 0.25) is 0 Å². The van der Waals surface area contributed by atoms with Gasteiger partial charge in [-0.15, -0.1) is 0 Å². The van der Waals surface area contributed by atoms with Gasteiger partial charge in [-0.05, 0) is 107 Å². The molecule has 0 fully saturated rings. The van der Waals surface area contributed by atoms with Crippen LogP contribution in [0, 0.1) is 0 Å². The number of hydrogen-bond donors (Lipinski definition) is 0.